The minimum atomic E-state index is -4.42. The fourth-order valence-electron chi connectivity index (χ4n) is 1.44. The maximum atomic E-state index is 11.9. The zero-order chi connectivity index (χ0) is 12.4. The van der Waals surface area contributed by atoms with E-state index in [-0.39, 0.29) is 13.1 Å². The van der Waals surface area contributed by atoms with Crippen molar-refractivity contribution in [3.05, 3.63) is 0 Å². The van der Waals surface area contributed by atoms with Gasteiger partial charge in [-0.1, -0.05) is 0 Å². The molecule has 4 nitrogen and oxygen atoms in total. The van der Waals surface area contributed by atoms with E-state index in [1.54, 1.807) is 0 Å². The lowest BCUT2D eigenvalue weighted by Gasteiger charge is -2.31. The van der Waals surface area contributed by atoms with Gasteiger partial charge in [0.25, 0.3) is 0 Å². The fraction of sp³-hybridized carbons (Fsp3) is 1.00. The largest absolute Gasteiger partial charge is 0.390 e. The summed E-state index contributed by atoms with van der Waals surface area (Å²) < 4.78 is 60.0. The van der Waals surface area contributed by atoms with Crippen molar-refractivity contribution in [2.75, 3.05) is 39.0 Å². The van der Waals surface area contributed by atoms with E-state index in [0.29, 0.717) is 13.1 Å². The van der Waals surface area contributed by atoms with Crippen molar-refractivity contribution >= 4 is 10.0 Å². The molecule has 8 heteroatoms. The van der Waals surface area contributed by atoms with Crippen LogP contribution < -0.4 is 0 Å². The molecule has 0 radical (unpaired) electrons. The highest BCUT2D eigenvalue weighted by Crippen LogP contribution is 2.21. The first kappa shape index (κ1) is 13.7. The quantitative estimate of drug-likeness (QED) is 0.742. The van der Waals surface area contributed by atoms with Crippen LogP contribution >= 0.6 is 0 Å². The van der Waals surface area contributed by atoms with Gasteiger partial charge in [0.1, 0.15) is 0 Å². The van der Waals surface area contributed by atoms with Crippen molar-refractivity contribution in [1.82, 2.24) is 9.21 Å². The van der Waals surface area contributed by atoms with Crippen LogP contribution in [0.5, 0.6) is 0 Å². The highest BCUT2D eigenvalue weighted by molar-refractivity contribution is 7.89. The third kappa shape index (κ3) is 4.26. The molecule has 1 saturated heterocycles. The monoisotopic (exact) mass is 260 g/mol. The van der Waals surface area contributed by atoms with Crippen LogP contribution in [-0.4, -0.2) is 62.8 Å². The van der Waals surface area contributed by atoms with Gasteiger partial charge in [0.15, 0.2) is 0 Å². The number of rotatable bonds is 3. The lowest BCUT2D eigenvalue weighted by Crippen LogP contribution is -2.48. The molecule has 0 aromatic heterocycles. The molecule has 1 aliphatic heterocycles. The molecular formula is C8H15F3N2O2S. The zero-order valence-corrected chi connectivity index (χ0v) is 9.81. The molecule has 0 saturated carbocycles. The molecule has 1 fully saturated rings. The molecule has 0 aliphatic carbocycles. The molecule has 0 aromatic carbocycles. The summed E-state index contributed by atoms with van der Waals surface area (Å²) in [5.74, 6) is -0.847. The van der Waals surface area contributed by atoms with Gasteiger partial charge in [0.05, 0.1) is 12.2 Å². The SMILES string of the molecule is CN1CCN(S(=O)(=O)CCC(F)(F)F)CC1. The summed E-state index contributed by atoms with van der Waals surface area (Å²) in [6.07, 6.45) is -5.69. The van der Waals surface area contributed by atoms with Crippen molar-refractivity contribution in [2.45, 2.75) is 12.6 Å². The van der Waals surface area contributed by atoms with Gasteiger partial charge in [0, 0.05) is 26.2 Å². The second kappa shape index (κ2) is 4.89. The maximum absolute atomic E-state index is 11.9. The van der Waals surface area contributed by atoms with Gasteiger partial charge in [-0.25, -0.2) is 8.42 Å². The van der Waals surface area contributed by atoms with E-state index in [9.17, 15) is 21.6 Å². The molecule has 1 heterocycles. The minimum absolute atomic E-state index is 0.274. The van der Waals surface area contributed by atoms with E-state index in [1.165, 1.54) is 0 Å². The van der Waals surface area contributed by atoms with E-state index in [2.05, 4.69) is 0 Å². The van der Waals surface area contributed by atoms with Crippen molar-refractivity contribution in [3.63, 3.8) is 0 Å². The highest BCUT2D eigenvalue weighted by atomic mass is 32.2. The van der Waals surface area contributed by atoms with Crippen LogP contribution in [0.25, 0.3) is 0 Å². The number of alkyl halides is 3. The van der Waals surface area contributed by atoms with Crippen LogP contribution in [0.15, 0.2) is 0 Å². The first-order valence-electron chi connectivity index (χ1n) is 4.94. The molecule has 0 spiro atoms. The third-order valence-corrected chi connectivity index (χ3v) is 4.37. The average Bonchev–Trinajstić information content (AvgIpc) is 2.15. The molecule has 16 heavy (non-hydrogen) atoms. The number of piperazine rings is 1. The van der Waals surface area contributed by atoms with Crippen molar-refractivity contribution in [2.24, 2.45) is 0 Å². The van der Waals surface area contributed by atoms with Crippen LogP contribution in [0.1, 0.15) is 6.42 Å². The molecule has 0 aromatic rings. The molecule has 0 amide bonds. The predicted molar refractivity (Wildman–Crippen MR) is 53.5 cm³/mol. The van der Waals surface area contributed by atoms with Gasteiger partial charge >= 0.3 is 6.18 Å². The second-order valence-electron chi connectivity index (χ2n) is 3.88. The molecule has 0 N–H and O–H groups in total. The van der Waals surface area contributed by atoms with Gasteiger partial charge in [-0.3, -0.25) is 0 Å². The topological polar surface area (TPSA) is 40.6 Å². The normalized spacial score (nSPS) is 21.2. The Morgan fingerprint density at radius 1 is 1.12 bits per heavy atom. The predicted octanol–water partition coefficient (Wildman–Crippen LogP) is 0.516. The Balaban J connectivity index is 2.51. The molecular weight excluding hydrogens is 245 g/mol. The van der Waals surface area contributed by atoms with E-state index in [4.69, 9.17) is 0 Å². The number of halogens is 3. The highest BCUT2D eigenvalue weighted by Gasteiger charge is 2.33. The zero-order valence-electron chi connectivity index (χ0n) is 9.00. The van der Waals surface area contributed by atoms with Gasteiger partial charge in [-0.2, -0.15) is 17.5 Å². The van der Waals surface area contributed by atoms with Gasteiger partial charge in [-0.05, 0) is 7.05 Å². The fourth-order valence-corrected chi connectivity index (χ4v) is 2.91. The maximum Gasteiger partial charge on any atom is 0.390 e. The lowest BCUT2D eigenvalue weighted by molar-refractivity contribution is -0.130. The van der Waals surface area contributed by atoms with Crippen LogP contribution in [0, 0.1) is 0 Å². The summed E-state index contributed by atoms with van der Waals surface area (Å²) in [7, 11) is -1.91. The Kier molecular flexibility index (Phi) is 4.19. The van der Waals surface area contributed by atoms with Crippen molar-refractivity contribution < 1.29 is 21.6 Å². The first-order valence-corrected chi connectivity index (χ1v) is 6.55. The van der Waals surface area contributed by atoms with E-state index in [1.807, 2.05) is 11.9 Å². The lowest BCUT2D eigenvalue weighted by atomic mass is 10.4. The summed E-state index contributed by atoms with van der Waals surface area (Å²) in [6, 6.07) is 0. The Morgan fingerprint density at radius 2 is 1.62 bits per heavy atom. The minimum Gasteiger partial charge on any atom is -0.304 e. The van der Waals surface area contributed by atoms with Crippen LogP contribution in [-0.2, 0) is 10.0 Å². The van der Waals surface area contributed by atoms with Gasteiger partial charge in [0.2, 0.25) is 10.0 Å². The van der Waals surface area contributed by atoms with Crippen molar-refractivity contribution in [3.8, 4) is 0 Å². The van der Waals surface area contributed by atoms with Crippen LogP contribution in [0.4, 0.5) is 13.2 Å². The molecule has 1 aliphatic rings. The Morgan fingerprint density at radius 3 is 2.06 bits per heavy atom. The summed E-state index contributed by atoms with van der Waals surface area (Å²) in [5.41, 5.74) is 0. The second-order valence-corrected chi connectivity index (χ2v) is 5.97. The number of nitrogens with zero attached hydrogens (tertiary/aromatic N) is 2. The Labute approximate surface area is 93.1 Å². The first-order chi connectivity index (χ1) is 7.21. The van der Waals surface area contributed by atoms with E-state index in [0.717, 1.165) is 4.31 Å². The molecule has 0 atom stereocenters. The number of hydrogen-bond acceptors (Lipinski definition) is 3. The number of hydrogen-bond donors (Lipinski definition) is 0. The van der Waals surface area contributed by atoms with Crippen LogP contribution in [0.3, 0.4) is 0 Å². The van der Waals surface area contributed by atoms with E-state index >= 15 is 0 Å². The Bertz CT molecular complexity index is 321. The molecule has 1 rings (SSSR count). The molecule has 96 valence electrons. The summed E-state index contributed by atoms with van der Waals surface area (Å²) in [4.78, 5) is 1.94. The Hall–Kier alpha value is -0.340. The molecule has 0 bridgehead atoms. The number of sulfonamides is 1. The third-order valence-electron chi connectivity index (χ3n) is 2.50. The summed E-state index contributed by atoms with van der Waals surface area (Å²) >= 11 is 0. The summed E-state index contributed by atoms with van der Waals surface area (Å²) in [6.45, 7) is 1.67. The summed E-state index contributed by atoms with van der Waals surface area (Å²) in [5, 5.41) is 0. The van der Waals surface area contributed by atoms with Gasteiger partial charge < -0.3 is 4.90 Å². The standard InChI is InChI=1S/C8H15F3N2O2S/c1-12-3-5-13(6-4-12)16(14,15)7-2-8(9,10)11/h2-7H2,1H3. The van der Waals surface area contributed by atoms with E-state index < -0.39 is 28.4 Å². The van der Waals surface area contributed by atoms with Gasteiger partial charge in [-0.15, -0.1) is 0 Å². The molecule has 0 unspecified atom stereocenters. The number of likely N-dealkylation sites (N-methyl/N-ethyl adjacent to an activating group) is 1. The smallest absolute Gasteiger partial charge is 0.304 e. The van der Waals surface area contributed by atoms with Crippen molar-refractivity contribution in [1.29, 1.82) is 0 Å². The van der Waals surface area contributed by atoms with Crippen LogP contribution in [0.2, 0.25) is 0 Å². The average molecular weight is 260 g/mol.